The summed E-state index contributed by atoms with van der Waals surface area (Å²) in [7, 11) is 2.12. The van der Waals surface area contributed by atoms with E-state index in [-0.39, 0.29) is 5.56 Å². The minimum absolute atomic E-state index is 0.0599. The van der Waals surface area contributed by atoms with Crippen molar-refractivity contribution in [3.05, 3.63) is 63.8 Å². The average molecular weight is 423 g/mol. The second-order valence-electron chi connectivity index (χ2n) is 7.83. The van der Waals surface area contributed by atoms with Crippen LogP contribution < -0.4 is 10.5 Å². The molecule has 3 aromatic heterocycles. The predicted octanol–water partition coefficient (Wildman–Crippen LogP) is 2.92. The normalized spacial score (nSPS) is 15.3. The van der Waals surface area contributed by atoms with Crippen LogP contribution in [0.2, 0.25) is 5.02 Å². The van der Waals surface area contributed by atoms with E-state index in [0.29, 0.717) is 28.4 Å². The van der Waals surface area contributed by atoms with Gasteiger partial charge in [-0.25, -0.2) is 9.97 Å². The minimum Gasteiger partial charge on any atom is -0.361 e. The Morgan fingerprint density at radius 3 is 2.80 bits per heavy atom. The molecule has 0 radical (unpaired) electrons. The van der Waals surface area contributed by atoms with E-state index < -0.39 is 0 Å². The van der Waals surface area contributed by atoms with Crippen molar-refractivity contribution >= 4 is 39.4 Å². The SMILES string of the molecule is CN1CCN(c2ncc3c(=O)n(CCc4c[nH]c5ccc(Cl)cc45)ccc3n2)CC1. The third kappa shape index (κ3) is 3.55. The summed E-state index contributed by atoms with van der Waals surface area (Å²) in [5.41, 5.74) is 2.82. The topological polar surface area (TPSA) is 70.0 Å². The molecule has 154 valence electrons. The summed E-state index contributed by atoms with van der Waals surface area (Å²) in [5.74, 6) is 0.698. The summed E-state index contributed by atoms with van der Waals surface area (Å²) < 4.78 is 1.73. The van der Waals surface area contributed by atoms with Gasteiger partial charge in [0.05, 0.1) is 10.9 Å². The monoisotopic (exact) mass is 422 g/mol. The van der Waals surface area contributed by atoms with Crippen molar-refractivity contribution in [1.82, 2.24) is 24.4 Å². The molecule has 1 aromatic carbocycles. The van der Waals surface area contributed by atoms with Crippen LogP contribution in [0.15, 0.2) is 47.7 Å². The summed E-state index contributed by atoms with van der Waals surface area (Å²) in [6, 6.07) is 7.71. The van der Waals surface area contributed by atoms with Crippen molar-refractivity contribution in [3.8, 4) is 0 Å². The minimum atomic E-state index is -0.0599. The third-order valence-corrected chi connectivity index (χ3v) is 6.08. The molecular weight excluding hydrogens is 400 g/mol. The summed E-state index contributed by atoms with van der Waals surface area (Å²) in [5, 5.41) is 2.35. The summed E-state index contributed by atoms with van der Waals surface area (Å²) >= 11 is 6.14. The van der Waals surface area contributed by atoms with Crippen LogP contribution in [0.25, 0.3) is 21.8 Å². The van der Waals surface area contributed by atoms with Gasteiger partial charge in [-0.2, -0.15) is 0 Å². The van der Waals surface area contributed by atoms with Gasteiger partial charge in [0.1, 0.15) is 0 Å². The number of piperazine rings is 1. The highest BCUT2D eigenvalue weighted by atomic mass is 35.5. The highest BCUT2D eigenvalue weighted by Gasteiger charge is 2.17. The van der Waals surface area contributed by atoms with E-state index >= 15 is 0 Å². The zero-order valence-corrected chi connectivity index (χ0v) is 17.6. The molecule has 0 saturated carbocycles. The molecule has 1 saturated heterocycles. The number of nitrogens with zero attached hydrogens (tertiary/aromatic N) is 5. The number of halogens is 1. The maximum absolute atomic E-state index is 13.0. The van der Waals surface area contributed by atoms with Gasteiger partial charge in [-0.15, -0.1) is 0 Å². The Labute approximate surface area is 178 Å². The molecule has 0 aliphatic carbocycles. The maximum Gasteiger partial charge on any atom is 0.261 e. The maximum atomic E-state index is 13.0. The van der Waals surface area contributed by atoms with Crippen LogP contribution in [-0.2, 0) is 13.0 Å². The lowest BCUT2D eigenvalue weighted by atomic mass is 10.1. The zero-order valence-electron chi connectivity index (χ0n) is 16.8. The van der Waals surface area contributed by atoms with Crippen LogP contribution in [-0.4, -0.2) is 57.6 Å². The van der Waals surface area contributed by atoms with Gasteiger partial charge >= 0.3 is 0 Å². The Bertz CT molecular complexity index is 1270. The molecule has 1 fully saturated rings. The van der Waals surface area contributed by atoms with Crippen molar-refractivity contribution < 1.29 is 0 Å². The Hall–Kier alpha value is -2.90. The smallest absolute Gasteiger partial charge is 0.261 e. The van der Waals surface area contributed by atoms with Crippen molar-refractivity contribution in [2.24, 2.45) is 0 Å². The molecule has 1 aliphatic rings. The molecule has 7 nitrogen and oxygen atoms in total. The Morgan fingerprint density at radius 2 is 1.97 bits per heavy atom. The Kier molecular flexibility index (Phi) is 4.92. The number of fused-ring (bicyclic) bond motifs is 2. The van der Waals surface area contributed by atoms with E-state index in [4.69, 9.17) is 11.6 Å². The van der Waals surface area contributed by atoms with Crippen molar-refractivity contribution in [1.29, 1.82) is 0 Å². The standard InChI is InChI=1S/C22H23ClN6O/c1-27-8-10-29(11-9-27)22-25-14-18-20(26-22)5-7-28(21(18)30)6-4-15-13-24-19-3-2-16(23)12-17(15)19/h2-3,5,7,12-14,24H,4,6,8-11H2,1H3. The molecule has 30 heavy (non-hydrogen) atoms. The molecule has 5 rings (SSSR count). The second kappa shape index (κ2) is 7.74. The lowest BCUT2D eigenvalue weighted by Gasteiger charge is -2.32. The number of hydrogen-bond donors (Lipinski definition) is 1. The Morgan fingerprint density at radius 1 is 1.13 bits per heavy atom. The van der Waals surface area contributed by atoms with Crippen LogP contribution in [0.5, 0.6) is 0 Å². The Balaban J connectivity index is 1.38. The van der Waals surface area contributed by atoms with Crippen molar-refractivity contribution in [3.63, 3.8) is 0 Å². The number of H-pyrrole nitrogens is 1. The van der Waals surface area contributed by atoms with Crippen LogP contribution >= 0.6 is 11.6 Å². The highest BCUT2D eigenvalue weighted by molar-refractivity contribution is 6.31. The molecule has 0 amide bonds. The van der Waals surface area contributed by atoms with Crippen LogP contribution in [0.3, 0.4) is 0 Å². The van der Waals surface area contributed by atoms with E-state index in [2.05, 4.69) is 31.8 Å². The van der Waals surface area contributed by atoms with Gasteiger partial charge in [-0.1, -0.05) is 11.6 Å². The van der Waals surface area contributed by atoms with Gasteiger partial charge < -0.3 is 19.4 Å². The number of nitrogens with one attached hydrogen (secondary N) is 1. The van der Waals surface area contributed by atoms with Gasteiger partial charge in [0.2, 0.25) is 5.95 Å². The lowest BCUT2D eigenvalue weighted by Crippen LogP contribution is -2.45. The molecule has 1 N–H and O–H groups in total. The molecule has 4 aromatic rings. The molecule has 0 atom stereocenters. The number of anilines is 1. The van der Waals surface area contributed by atoms with Gasteiger partial charge in [0.15, 0.2) is 0 Å². The first-order valence-electron chi connectivity index (χ1n) is 10.1. The average Bonchev–Trinajstić information content (AvgIpc) is 3.15. The van der Waals surface area contributed by atoms with Crippen molar-refractivity contribution in [2.75, 3.05) is 38.1 Å². The van der Waals surface area contributed by atoms with E-state index in [1.165, 1.54) is 0 Å². The fraction of sp³-hybridized carbons (Fsp3) is 0.318. The molecule has 0 unspecified atom stereocenters. The second-order valence-corrected chi connectivity index (χ2v) is 8.26. The first kappa shape index (κ1) is 19.1. The largest absolute Gasteiger partial charge is 0.361 e. The van der Waals surface area contributed by atoms with Crippen LogP contribution in [0, 0.1) is 0 Å². The molecule has 0 spiro atoms. The number of pyridine rings is 1. The van der Waals surface area contributed by atoms with Gasteiger partial charge in [0.25, 0.3) is 5.56 Å². The lowest BCUT2D eigenvalue weighted by molar-refractivity contribution is 0.311. The number of likely N-dealkylation sites (N-methyl/N-ethyl adjacent to an activating group) is 1. The fourth-order valence-electron chi connectivity index (χ4n) is 3.99. The molecular formula is C22H23ClN6O. The first-order valence-corrected chi connectivity index (χ1v) is 10.5. The number of benzene rings is 1. The van der Waals surface area contributed by atoms with Gasteiger partial charge in [-0.3, -0.25) is 4.79 Å². The molecule has 1 aliphatic heterocycles. The first-order chi connectivity index (χ1) is 14.6. The quantitative estimate of drug-likeness (QED) is 0.547. The number of aromatic amines is 1. The van der Waals surface area contributed by atoms with Crippen LogP contribution in [0.4, 0.5) is 5.95 Å². The number of rotatable bonds is 4. The number of aryl methyl sites for hydroxylation is 2. The number of hydrogen-bond acceptors (Lipinski definition) is 5. The summed E-state index contributed by atoms with van der Waals surface area (Å²) in [6.45, 7) is 4.35. The fourth-order valence-corrected chi connectivity index (χ4v) is 4.17. The summed E-state index contributed by atoms with van der Waals surface area (Å²) in [6.07, 6.45) is 6.21. The molecule has 8 heteroatoms. The highest BCUT2D eigenvalue weighted by Crippen LogP contribution is 2.23. The van der Waals surface area contributed by atoms with Crippen LogP contribution in [0.1, 0.15) is 5.56 Å². The predicted molar refractivity (Wildman–Crippen MR) is 121 cm³/mol. The van der Waals surface area contributed by atoms with Gasteiger partial charge in [0, 0.05) is 67.2 Å². The van der Waals surface area contributed by atoms with E-state index in [9.17, 15) is 4.79 Å². The third-order valence-electron chi connectivity index (χ3n) is 5.85. The van der Waals surface area contributed by atoms with E-state index in [1.54, 1.807) is 10.8 Å². The number of aromatic nitrogens is 4. The zero-order chi connectivity index (χ0) is 20.7. The van der Waals surface area contributed by atoms with Gasteiger partial charge in [-0.05, 0) is 43.3 Å². The summed E-state index contributed by atoms with van der Waals surface area (Å²) in [4.78, 5) is 29.8. The van der Waals surface area contributed by atoms with Crippen molar-refractivity contribution in [2.45, 2.75) is 13.0 Å². The van der Waals surface area contributed by atoms with E-state index in [0.717, 1.165) is 49.1 Å². The van der Waals surface area contributed by atoms with E-state index in [1.807, 2.05) is 36.7 Å². The molecule has 0 bridgehead atoms. The molecule has 4 heterocycles.